The fourth-order valence-electron chi connectivity index (χ4n) is 3.48. The molecule has 0 spiro atoms. The van der Waals surface area contributed by atoms with E-state index in [-0.39, 0.29) is 18.9 Å². The molecule has 3 rings (SSSR count). The molecule has 2 aromatic heterocycles. The molecule has 0 saturated heterocycles. The van der Waals surface area contributed by atoms with Crippen LogP contribution in [0.3, 0.4) is 0 Å². The molecule has 0 aliphatic heterocycles. The number of halogens is 1. The Labute approximate surface area is 168 Å². The molecule has 0 saturated carbocycles. The summed E-state index contributed by atoms with van der Waals surface area (Å²) in [4.78, 5) is 16.9. The lowest BCUT2D eigenvalue weighted by Gasteiger charge is -2.14. The van der Waals surface area contributed by atoms with Crippen molar-refractivity contribution in [2.45, 2.75) is 32.8 Å². The SMILES string of the molecule is COc1nn(C)c2nc(C)c(CCC(=O)NCC(O)c3cccc(F)c3)c(C)c12. The number of pyridine rings is 1. The molecular formula is C21H25FN4O3. The average Bonchev–Trinajstić information content (AvgIpc) is 3.01. The molecular weight excluding hydrogens is 375 g/mol. The quantitative estimate of drug-likeness (QED) is 0.636. The Bertz CT molecular complexity index is 1050. The summed E-state index contributed by atoms with van der Waals surface area (Å²) in [5.74, 6) is -0.110. The zero-order chi connectivity index (χ0) is 21.1. The fourth-order valence-corrected chi connectivity index (χ4v) is 3.48. The summed E-state index contributed by atoms with van der Waals surface area (Å²) >= 11 is 0. The van der Waals surface area contributed by atoms with Gasteiger partial charge in [0, 0.05) is 25.7 Å². The van der Waals surface area contributed by atoms with Gasteiger partial charge < -0.3 is 15.2 Å². The summed E-state index contributed by atoms with van der Waals surface area (Å²) in [6.45, 7) is 3.91. The number of aliphatic hydroxyl groups excluding tert-OH is 1. The van der Waals surface area contributed by atoms with Crippen molar-refractivity contribution in [3.05, 3.63) is 52.5 Å². The van der Waals surface area contributed by atoms with E-state index < -0.39 is 11.9 Å². The molecule has 1 atom stereocenters. The number of hydrogen-bond acceptors (Lipinski definition) is 5. The van der Waals surface area contributed by atoms with Gasteiger partial charge in [-0.1, -0.05) is 12.1 Å². The third-order valence-electron chi connectivity index (χ3n) is 5.04. The second-order valence-corrected chi connectivity index (χ2v) is 7.01. The summed E-state index contributed by atoms with van der Waals surface area (Å²) in [5.41, 5.74) is 3.97. The van der Waals surface area contributed by atoms with Crippen LogP contribution in [0.15, 0.2) is 24.3 Å². The highest BCUT2D eigenvalue weighted by Crippen LogP contribution is 2.30. The zero-order valence-corrected chi connectivity index (χ0v) is 17.0. The van der Waals surface area contributed by atoms with Gasteiger partial charge in [-0.25, -0.2) is 14.1 Å². The van der Waals surface area contributed by atoms with Gasteiger partial charge in [0.1, 0.15) is 5.82 Å². The van der Waals surface area contributed by atoms with Gasteiger partial charge in [0.05, 0.1) is 18.6 Å². The number of hydrogen-bond donors (Lipinski definition) is 2. The predicted molar refractivity (Wildman–Crippen MR) is 107 cm³/mol. The van der Waals surface area contributed by atoms with Crippen LogP contribution in [-0.2, 0) is 18.3 Å². The summed E-state index contributed by atoms with van der Waals surface area (Å²) in [5, 5.41) is 18.0. The number of aromatic nitrogens is 3. The fraction of sp³-hybridized carbons (Fsp3) is 0.381. The van der Waals surface area contributed by atoms with Crippen molar-refractivity contribution < 1.29 is 19.0 Å². The Hall–Kier alpha value is -3.00. The number of aliphatic hydroxyl groups is 1. The van der Waals surface area contributed by atoms with Crippen LogP contribution in [0, 0.1) is 19.7 Å². The first kappa shape index (κ1) is 20.7. The largest absolute Gasteiger partial charge is 0.479 e. The van der Waals surface area contributed by atoms with Crippen LogP contribution < -0.4 is 10.1 Å². The molecule has 2 N–H and O–H groups in total. The smallest absolute Gasteiger partial charge is 0.242 e. The maximum absolute atomic E-state index is 13.3. The Morgan fingerprint density at radius 3 is 2.83 bits per heavy atom. The molecule has 0 aliphatic carbocycles. The molecule has 0 aliphatic rings. The van der Waals surface area contributed by atoms with Gasteiger partial charge in [-0.15, -0.1) is 5.10 Å². The predicted octanol–water partition coefficient (Wildman–Crippen LogP) is 2.52. The van der Waals surface area contributed by atoms with Crippen molar-refractivity contribution in [1.82, 2.24) is 20.1 Å². The van der Waals surface area contributed by atoms with Crippen LogP contribution in [0.1, 0.15) is 34.9 Å². The van der Waals surface area contributed by atoms with E-state index in [9.17, 15) is 14.3 Å². The molecule has 154 valence electrons. The molecule has 29 heavy (non-hydrogen) atoms. The maximum atomic E-state index is 13.3. The van der Waals surface area contributed by atoms with Crippen molar-refractivity contribution in [1.29, 1.82) is 0 Å². The van der Waals surface area contributed by atoms with Gasteiger partial charge in [0.2, 0.25) is 11.8 Å². The molecule has 1 unspecified atom stereocenters. The molecule has 0 fully saturated rings. The highest BCUT2D eigenvalue weighted by atomic mass is 19.1. The van der Waals surface area contributed by atoms with Crippen molar-refractivity contribution in [2.75, 3.05) is 13.7 Å². The highest BCUT2D eigenvalue weighted by Gasteiger charge is 2.18. The molecule has 7 nitrogen and oxygen atoms in total. The van der Waals surface area contributed by atoms with Crippen LogP contribution in [0.5, 0.6) is 5.88 Å². The Morgan fingerprint density at radius 1 is 1.38 bits per heavy atom. The number of ether oxygens (including phenoxy) is 1. The normalized spacial score (nSPS) is 12.2. The Morgan fingerprint density at radius 2 is 2.14 bits per heavy atom. The van der Waals surface area contributed by atoms with E-state index in [2.05, 4.69) is 15.4 Å². The van der Waals surface area contributed by atoms with Gasteiger partial charge in [-0.05, 0) is 49.1 Å². The Balaban J connectivity index is 1.66. The van der Waals surface area contributed by atoms with Crippen molar-refractivity contribution in [2.24, 2.45) is 7.05 Å². The molecule has 1 aromatic carbocycles. The monoisotopic (exact) mass is 400 g/mol. The second-order valence-electron chi connectivity index (χ2n) is 7.01. The highest BCUT2D eigenvalue weighted by molar-refractivity contribution is 5.86. The van der Waals surface area contributed by atoms with Crippen molar-refractivity contribution in [3.63, 3.8) is 0 Å². The summed E-state index contributed by atoms with van der Waals surface area (Å²) in [6.07, 6.45) is -0.218. The topological polar surface area (TPSA) is 89.3 Å². The number of methoxy groups -OCH3 is 1. The van der Waals surface area contributed by atoms with E-state index in [4.69, 9.17) is 4.74 Å². The number of nitrogens with zero attached hydrogens (tertiary/aromatic N) is 3. The first-order valence-corrected chi connectivity index (χ1v) is 9.38. The van der Waals surface area contributed by atoms with Gasteiger partial charge in [-0.3, -0.25) is 4.79 Å². The van der Waals surface area contributed by atoms with Gasteiger partial charge in [0.15, 0.2) is 5.65 Å². The van der Waals surface area contributed by atoms with Gasteiger partial charge >= 0.3 is 0 Å². The first-order valence-electron chi connectivity index (χ1n) is 9.38. The number of aryl methyl sites for hydroxylation is 3. The molecule has 0 radical (unpaired) electrons. The second kappa shape index (κ2) is 8.57. The minimum Gasteiger partial charge on any atom is -0.479 e. The lowest BCUT2D eigenvalue weighted by molar-refractivity contribution is -0.121. The number of amides is 1. The minimum absolute atomic E-state index is 0.0218. The number of rotatable bonds is 7. The summed E-state index contributed by atoms with van der Waals surface area (Å²) in [7, 11) is 3.38. The maximum Gasteiger partial charge on any atom is 0.242 e. The van der Waals surface area contributed by atoms with Crippen LogP contribution in [0.2, 0.25) is 0 Å². The molecule has 3 aromatic rings. The van der Waals surface area contributed by atoms with Crippen LogP contribution in [0.25, 0.3) is 11.0 Å². The van der Waals surface area contributed by atoms with E-state index in [1.807, 2.05) is 20.9 Å². The summed E-state index contributed by atoms with van der Waals surface area (Å²) in [6, 6.07) is 5.71. The van der Waals surface area contributed by atoms with Crippen molar-refractivity contribution >= 4 is 16.9 Å². The number of fused-ring (bicyclic) bond motifs is 1. The third-order valence-corrected chi connectivity index (χ3v) is 5.04. The number of benzene rings is 1. The molecule has 1 amide bonds. The number of nitrogens with one attached hydrogen (secondary N) is 1. The van der Waals surface area contributed by atoms with Crippen LogP contribution in [0.4, 0.5) is 4.39 Å². The van der Waals surface area contributed by atoms with Crippen LogP contribution in [-0.4, -0.2) is 39.4 Å². The zero-order valence-electron chi connectivity index (χ0n) is 17.0. The molecule has 0 bridgehead atoms. The lowest BCUT2D eigenvalue weighted by atomic mass is 10.00. The first-order chi connectivity index (χ1) is 13.8. The van der Waals surface area contributed by atoms with Crippen LogP contribution >= 0.6 is 0 Å². The number of carbonyl (C=O) groups is 1. The van der Waals surface area contributed by atoms with Crippen molar-refractivity contribution in [3.8, 4) is 5.88 Å². The van der Waals surface area contributed by atoms with E-state index in [0.29, 0.717) is 17.9 Å². The Kier molecular flexibility index (Phi) is 6.12. The van der Waals surface area contributed by atoms with E-state index in [0.717, 1.165) is 27.9 Å². The van der Waals surface area contributed by atoms with Gasteiger partial charge in [0.25, 0.3) is 0 Å². The van der Waals surface area contributed by atoms with E-state index >= 15 is 0 Å². The van der Waals surface area contributed by atoms with E-state index in [1.54, 1.807) is 17.9 Å². The summed E-state index contributed by atoms with van der Waals surface area (Å²) < 4.78 is 20.3. The molecule has 2 heterocycles. The average molecular weight is 400 g/mol. The number of carbonyl (C=O) groups excluding carboxylic acids is 1. The van der Waals surface area contributed by atoms with E-state index in [1.165, 1.54) is 18.2 Å². The lowest BCUT2D eigenvalue weighted by Crippen LogP contribution is -2.28. The minimum atomic E-state index is -0.962. The molecule has 8 heteroatoms. The standard InChI is InChI=1S/C21H25FN4O3/c1-12-16(13(2)24-20-19(12)21(29-4)25-26(20)3)8-9-18(28)23-11-17(27)14-6-5-7-15(22)10-14/h5-7,10,17,27H,8-9,11H2,1-4H3,(H,23,28). The van der Waals surface area contributed by atoms with Gasteiger partial charge in [-0.2, -0.15) is 0 Å². The third kappa shape index (κ3) is 4.37.